The topological polar surface area (TPSA) is 61.6 Å². The summed E-state index contributed by atoms with van der Waals surface area (Å²) in [4.78, 5) is 16.8. The number of carboxylic acids is 1. The maximum atomic E-state index is 14.3. The Balaban J connectivity index is 0.00000245. The van der Waals surface area contributed by atoms with Crippen molar-refractivity contribution in [3.8, 4) is 0 Å². The summed E-state index contributed by atoms with van der Waals surface area (Å²) in [5, 5.41) is 15.6. The third kappa shape index (κ3) is 9.61. The summed E-state index contributed by atoms with van der Waals surface area (Å²) in [5.74, 6) is 0.0670. The number of carbonyl (C=O) groups is 1. The molecule has 4 atom stereocenters. The average molecular weight is 719 g/mol. The first-order chi connectivity index (χ1) is 20.6. The van der Waals surface area contributed by atoms with Crippen molar-refractivity contribution in [2.24, 2.45) is 11.8 Å². The largest absolute Gasteiger partial charge is 0.480 e. The molecule has 1 aromatic heterocycles. The van der Waals surface area contributed by atoms with Crippen LogP contribution in [0.15, 0.2) is 54.6 Å². The average Bonchev–Trinajstić information content (AvgIpc) is 3.58. The lowest BCUT2D eigenvalue weighted by Crippen LogP contribution is -2.47. The molecule has 1 saturated heterocycles. The molecule has 0 spiro atoms. The van der Waals surface area contributed by atoms with Crippen molar-refractivity contribution < 1.29 is 14.3 Å². The van der Waals surface area contributed by atoms with E-state index in [-0.39, 0.29) is 60.9 Å². The fourth-order valence-corrected chi connectivity index (χ4v) is 7.77. The van der Waals surface area contributed by atoms with Gasteiger partial charge in [0.15, 0.2) is 0 Å². The van der Waals surface area contributed by atoms with E-state index in [9.17, 15) is 14.3 Å². The zero-order chi connectivity index (χ0) is 30.7. The Hall–Kier alpha value is -1.87. The van der Waals surface area contributed by atoms with Crippen LogP contribution in [0.4, 0.5) is 4.39 Å². The Labute approximate surface area is 297 Å². The van der Waals surface area contributed by atoms with Crippen LogP contribution in [-0.2, 0) is 17.8 Å². The summed E-state index contributed by atoms with van der Waals surface area (Å²) in [6.45, 7) is 9.95. The molecule has 1 aliphatic heterocycles. The van der Waals surface area contributed by atoms with E-state index in [0.29, 0.717) is 11.8 Å². The molecular weight excluding hydrogens is 669 g/mol. The number of hydrogen-bond donors (Lipinski definition) is 1. The number of benzene rings is 2. The smallest absolute Gasteiger partial charge is 0.321 e. The summed E-state index contributed by atoms with van der Waals surface area (Å²) in [7, 11) is 1.96. The number of aliphatic carboxylic acids is 1. The first-order valence-electron chi connectivity index (χ1n) is 15.9. The van der Waals surface area contributed by atoms with E-state index < -0.39 is 12.0 Å². The second-order valence-electron chi connectivity index (χ2n) is 13.0. The van der Waals surface area contributed by atoms with Crippen molar-refractivity contribution in [2.45, 2.75) is 83.3 Å². The van der Waals surface area contributed by atoms with Crippen LogP contribution in [-0.4, -0.2) is 69.4 Å². The standard InChI is InChI=1S/C35H46ClFN4O2.3ClH/c1-5-41-33(20-30(38-41)17-24-9-11-28(36)12-10-24)25-13-15-40(16-14-25)22-27-19-31(39(4)34(23(2)3)35(42)43)21-32(27)26-7-6-8-29(37)18-26;;;/h6-12,18,20,23,25,27,31-32,34H,5,13-17,19,21-22H2,1-4H3,(H,42,43);3*1H/t27?,31?,32?,34-;;;/m1.../s1. The molecular formula is C35H49Cl4FN4O2. The van der Waals surface area contributed by atoms with E-state index in [0.717, 1.165) is 74.6 Å². The van der Waals surface area contributed by atoms with Crippen molar-refractivity contribution in [3.63, 3.8) is 0 Å². The Morgan fingerprint density at radius 3 is 2.33 bits per heavy atom. The Kier molecular flexibility index (Phi) is 15.8. The van der Waals surface area contributed by atoms with Gasteiger partial charge in [-0.05, 0) is 112 Å². The van der Waals surface area contributed by atoms with Crippen molar-refractivity contribution >= 4 is 54.8 Å². The highest BCUT2D eigenvalue weighted by atomic mass is 35.5. The van der Waals surface area contributed by atoms with E-state index in [1.165, 1.54) is 17.3 Å². The summed E-state index contributed by atoms with van der Waals surface area (Å²) < 4.78 is 16.5. The van der Waals surface area contributed by atoms with Gasteiger partial charge in [0, 0.05) is 42.2 Å². The Morgan fingerprint density at radius 2 is 1.74 bits per heavy atom. The molecule has 6 nitrogen and oxygen atoms in total. The predicted octanol–water partition coefficient (Wildman–Crippen LogP) is 8.33. The summed E-state index contributed by atoms with van der Waals surface area (Å²) in [6.07, 6.45) is 4.74. The van der Waals surface area contributed by atoms with Crippen LogP contribution in [0.2, 0.25) is 5.02 Å². The van der Waals surface area contributed by atoms with E-state index in [1.807, 2.05) is 39.1 Å². The van der Waals surface area contributed by atoms with Gasteiger partial charge in [0.2, 0.25) is 0 Å². The van der Waals surface area contributed by atoms with Crippen LogP contribution >= 0.6 is 48.8 Å². The van der Waals surface area contributed by atoms with Crippen LogP contribution in [0, 0.1) is 17.7 Å². The molecule has 2 heterocycles. The van der Waals surface area contributed by atoms with E-state index in [4.69, 9.17) is 16.7 Å². The Morgan fingerprint density at radius 1 is 1.07 bits per heavy atom. The number of rotatable bonds is 11. The molecule has 3 unspecified atom stereocenters. The lowest BCUT2D eigenvalue weighted by atomic mass is 9.87. The maximum Gasteiger partial charge on any atom is 0.321 e. The second-order valence-corrected chi connectivity index (χ2v) is 13.4. The summed E-state index contributed by atoms with van der Waals surface area (Å²) >= 11 is 6.07. The Bertz CT molecular complexity index is 1380. The number of hydrogen-bond acceptors (Lipinski definition) is 4. The van der Waals surface area contributed by atoms with Crippen LogP contribution in [0.5, 0.6) is 0 Å². The number of nitrogens with zero attached hydrogens (tertiary/aromatic N) is 4. The number of halogens is 5. The number of likely N-dealkylation sites (N-methyl/N-ethyl adjacent to an activating group) is 1. The number of aryl methyl sites for hydroxylation is 1. The van der Waals surface area contributed by atoms with Crippen LogP contribution in [0.1, 0.15) is 80.8 Å². The molecule has 11 heteroatoms. The number of piperidine rings is 1. The molecule has 2 aliphatic rings. The summed E-state index contributed by atoms with van der Waals surface area (Å²) in [6, 6.07) is 16.9. The first-order valence-corrected chi connectivity index (χ1v) is 16.2. The molecule has 0 bridgehead atoms. The van der Waals surface area contributed by atoms with Crippen molar-refractivity contribution in [1.29, 1.82) is 0 Å². The number of likely N-dealkylation sites (tertiary alicyclic amines) is 1. The SMILES string of the molecule is CCn1nc(Cc2ccc(Cl)cc2)cc1C1CCN(CC2CC(N(C)[C@@H](C(=O)O)C(C)C)CC2c2cccc(F)c2)CC1.Cl.Cl.Cl. The quantitative estimate of drug-likeness (QED) is 0.216. The minimum atomic E-state index is -0.770. The predicted molar refractivity (Wildman–Crippen MR) is 192 cm³/mol. The number of aromatic nitrogens is 2. The van der Waals surface area contributed by atoms with Gasteiger partial charge in [-0.2, -0.15) is 5.10 Å². The highest BCUT2D eigenvalue weighted by molar-refractivity contribution is 6.30. The van der Waals surface area contributed by atoms with E-state index >= 15 is 0 Å². The number of carboxylic acid groups (broad SMARTS) is 1. The van der Waals surface area contributed by atoms with Crippen molar-refractivity contribution in [2.75, 3.05) is 26.7 Å². The molecule has 3 aromatic rings. The highest BCUT2D eigenvalue weighted by Gasteiger charge is 2.42. The molecule has 2 aromatic carbocycles. The molecule has 2 fully saturated rings. The first kappa shape index (κ1) is 40.3. The molecule has 256 valence electrons. The fraction of sp³-hybridized carbons (Fsp3) is 0.543. The minimum absolute atomic E-state index is 0. The minimum Gasteiger partial charge on any atom is -0.480 e. The van der Waals surface area contributed by atoms with Crippen LogP contribution < -0.4 is 0 Å². The van der Waals surface area contributed by atoms with Crippen LogP contribution in [0.3, 0.4) is 0 Å². The fourth-order valence-electron chi connectivity index (χ4n) is 7.64. The van der Waals surface area contributed by atoms with Gasteiger partial charge in [-0.3, -0.25) is 14.4 Å². The summed E-state index contributed by atoms with van der Waals surface area (Å²) in [5.41, 5.74) is 4.68. The molecule has 46 heavy (non-hydrogen) atoms. The third-order valence-corrected chi connectivity index (χ3v) is 10.1. The van der Waals surface area contributed by atoms with Crippen LogP contribution in [0.25, 0.3) is 0 Å². The van der Waals surface area contributed by atoms with Gasteiger partial charge in [0.1, 0.15) is 11.9 Å². The zero-order valence-corrected chi connectivity index (χ0v) is 30.4. The molecule has 1 aliphatic carbocycles. The molecule has 1 saturated carbocycles. The monoisotopic (exact) mass is 716 g/mol. The highest BCUT2D eigenvalue weighted by Crippen LogP contribution is 2.43. The maximum absolute atomic E-state index is 14.3. The molecule has 0 radical (unpaired) electrons. The van der Waals surface area contributed by atoms with Gasteiger partial charge in [0.25, 0.3) is 0 Å². The zero-order valence-electron chi connectivity index (χ0n) is 27.1. The van der Waals surface area contributed by atoms with Gasteiger partial charge in [-0.1, -0.05) is 49.7 Å². The molecule has 1 N–H and O–H groups in total. The van der Waals surface area contributed by atoms with Crippen molar-refractivity contribution in [1.82, 2.24) is 19.6 Å². The molecule has 5 rings (SSSR count). The van der Waals surface area contributed by atoms with Gasteiger partial charge in [-0.25, -0.2) is 4.39 Å². The third-order valence-electron chi connectivity index (χ3n) is 9.80. The van der Waals surface area contributed by atoms with Crippen molar-refractivity contribution in [3.05, 3.63) is 88.0 Å². The lowest BCUT2D eigenvalue weighted by molar-refractivity contribution is -0.145. The normalized spacial score (nSPS) is 21.0. The second kappa shape index (κ2) is 18.0. The van der Waals surface area contributed by atoms with E-state index in [2.05, 4.69) is 39.6 Å². The molecule has 0 amide bonds. The lowest BCUT2D eigenvalue weighted by Gasteiger charge is -2.35. The van der Waals surface area contributed by atoms with Gasteiger partial charge in [-0.15, -0.1) is 37.2 Å². The van der Waals surface area contributed by atoms with Gasteiger partial charge < -0.3 is 10.0 Å². The van der Waals surface area contributed by atoms with E-state index in [1.54, 1.807) is 12.1 Å². The van der Waals surface area contributed by atoms with Gasteiger partial charge in [0.05, 0.1) is 5.69 Å². The van der Waals surface area contributed by atoms with Gasteiger partial charge >= 0.3 is 5.97 Å².